The van der Waals surface area contributed by atoms with Crippen LogP contribution in [0.4, 0.5) is 14.4 Å². The van der Waals surface area contributed by atoms with E-state index in [4.69, 9.17) is 34.6 Å². The van der Waals surface area contributed by atoms with Gasteiger partial charge < -0.3 is 38.6 Å². The number of rotatable bonds is 6. The third-order valence-electron chi connectivity index (χ3n) is 12.8. The van der Waals surface area contributed by atoms with Gasteiger partial charge in [-0.15, -0.1) is 0 Å². The van der Waals surface area contributed by atoms with Gasteiger partial charge in [-0.2, -0.15) is 5.10 Å². The van der Waals surface area contributed by atoms with Crippen LogP contribution in [0.15, 0.2) is 127 Å². The number of amides is 3. The minimum Gasteiger partial charge on any atom is -0.515 e. The second-order valence-electron chi connectivity index (χ2n) is 19.5. The Morgan fingerprint density at radius 1 is 0.718 bits per heavy atom. The lowest BCUT2D eigenvalue weighted by Gasteiger charge is -2.44. The monoisotopic (exact) mass is 970 g/mol. The molecule has 3 amide bonds. The topological polar surface area (TPSA) is 188 Å². The molecule has 4 aliphatic rings. The molecule has 71 heavy (non-hydrogen) atoms. The summed E-state index contributed by atoms with van der Waals surface area (Å²) in [5, 5.41) is 15.5. The third kappa shape index (κ3) is 12.0. The molecule has 5 aromatic rings. The largest absolute Gasteiger partial charge is 0.515 e. The van der Waals surface area contributed by atoms with Gasteiger partial charge in [0.1, 0.15) is 41.5 Å². The number of carbonyl (C=O) groups excluding carboxylic acids is 4. The first-order chi connectivity index (χ1) is 33.9. The zero-order valence-corrected chi connectivity index (χ0v) is 41.7. The van der Waals surface area contributed by atoms with E-state index in [2.05, 4.69) is 24.6 Å². The van der Waals surface area contributed by atoms with Gasteiger partial charge >= 0.3 is 18.3 Å². The fraction of sp³-hybridized carbons (Fsp3) is 0.400. The second kappa shape index (κ2) is 22.2. The number of aliphatic hydroxyl groups is 1. The van der Waals surface area contributed by atoms with Gasteiger partial charge in [0, 0.05) is 75.1 Å². The normalized spacial score (nSPS) is 16.8. The Bertz CT molecular complexity index is 2660. The first kappa shape index (κ1) is 51.5. The molecular formula is C55H66N6O10. The molecule has 0 unspecified atom stereocenters. The lowest BCUT2D eigenvalue weighted by molar-refractivity contribution is -0.00667. The number of hydrogen-bond acceptors (Lipinski definition) is 12. The van der Waals surface area contributed by atoms with Crippen molar-refractivity contribution < 1.29 is 48.0 Å². The minimum atomic E-state index is -0.920. The summed E-state index contributed by atoms with van der Waals surface area (Å²) >= 11 is 0. The molecule has 0 saturated carbocycles. The number of nitrogens with two attached hydrogens (primary N) is 1. The standard InChI is InChI=1S/C25H27N3O3.C22H21NO5.C8H18N2O2/c1-18(2)28-23-20-10-6-7-11-22(20)31-25(21(23)16-26-28)12-14-27(15-13-25)24(29)30-17-19-8-4-3-5-9-19;24-14-18-20(25)17-8-4-5-9-19(17)28-22(18)10-12-23(13-11-22)21(26)27-15-16-6-2-1-3-7-16;1-6(2)10(9)7(11)12-8(3,4)5/h3-11,16,18H,12-15,17H2,1-2H3;1-9,14,24H,10-13,15H2;6H,9H2,1-5H3/b;18-14+;. The predicted molar refractivity (Wildman–Crippen MR) is 267 cm³/mol. The van der Waals surface area contributed by atoms with E-state index < -0.39 is 29.0 Å². The molecule has 4 aliphatic heterocycles. The molecule has 5 heterocycles. The molecule has 0 radical (unpaired) electrons. The van der Waals surface area contributed by atoms with Crippen molar-refractivity contribution in [2.45, 2.75) is 116 Å². The number of Topliss-reactive ketones (excluding diaryl/α,β-unsaturated/α-hetero) is 1. The summed E-state index contributed by atoms with van der Waals surface area (Å²) in [6, 6.07) is 34.6. The van der Waals surface area contributed by atoms with Gasteiger partial charge in [-0.1, -0.05) is 84.9 Å². The van der Waals surface area contributed by atoms with E-state index in [0.29, 0.717) is 63.2 Å². The van der Waals surface area contributed by atoms with Crippen LogP contribution < -0.4 is 15.3 Å². The number of carbonyl (C=O) groups is 4. The summed E-state index contributed by atoms with van der Waals surface area (Å²) in [5.74, 6) is 6.59. The number of fused-ring (bicyclic) bond motifs is 5. The van der Waals surface area contributed by atoms with Crippen LogP contribution in [0.3, 0.4) is 0 Å². The molecular weight excluding hydrogens is 905 g/mol. The molecule has 1 aromatic heterocycles. The van der Waals surface area contributed by atoms with E-state index in [0.717, 1.165) is 45.0 Å². The number of benzene rings is 4. The molecule has 2 saturated heterocycles. The fourth-order valence-corrected chi connectivity index (χ4v) is 8.90. The molecule has 0 aliphatic carbocycles. The molecule has 16 heteroatoms. The lowest BCUT2D eigenvalue weighted by atomic mass is 9.78. The van der Waals surface area contributed by atoms with E-state index in [1.807, 2.05) is 105 Å². The quantitative estimate of drug-likeness (QED) is 0.0410. The van der Waals surface area contributed by atoms with E-state index in [1.165, 1.54) is 0 Å². The van der Waals surface area contributed by atoms with Crippen molar-refractivity contribution in [1.29, 1.82) is 0 Å². The van der Waals surface area contributed by atoms with Crippen molar-refractivity contribution in [2.24, 2.45) is 5.84 Å². The van der Waals surface area contributed by atoms with Crippen LogP contribution in [0.5, 0.6) is 11.5 Å². The molecule has 2 spiro atoms. The number of likely N-dealkylation sites (tertiary alicyclic amines) is 2. The highest BCUT2D eigenvalue weighted by Crippen LogP contribution is 2.50. The van der Waals surface area contributed by atoms with E-state index in [1.54, 1.807) is 48.8 Å². The van der Waals surface area contributed by atoms with E-state index >= 15 is 0 Å². The Kier molecular flexibility index (Phi) is 16.1. The van der Waals surface area contributed by atoms with Gasteiger partial charge in [0.2, 0.25) is 0 Å². The van der Waals surface area contributed by atoms with Crippen molar-refractivity contribution in [2.75, 3.05) is 26.2 Å². The Morgan fingerprint density at radius 3 is 1.65 bits per heavy atom. The predicted octanol–water partition coefficient (Wildman–Crippen LogP) is 10.5. The lowest BCUT2D eigenvalue weighted by Crippen LogP contribution is -2.53. The third-order valence-corrected chi connectivity index (χ3v) is 12.8. The number of aromatic nitrogens is 2. The van der Waals surface area contributed by atoms with Crippen LogP contribution in [0.2, 0.25) is 0 Å². The summed E-state index contributed by atoms with van der Waals surface area (Å²) in [7, 11) is 0. The van der Waals surface area contributed by atoms with Crippen LogP contribution in [0.25, 0.3) is 11.3 Å². The number of para-hydroxylation sites is 2. The number of ketones is 1. The summed E-state index contributed by atoms with van der Waals surface area (Å²) < 4.78 is 30.8. The highest BCUT2D eigenvalue weighted by Gasteiger charge is 2.49. The number of nitrogens with zero attached hydrogens (tertiary/aromatic N) is 5. The van der Waals surface area contributed by atoms with Gasteiger partial charge in [-0.3, -0.25) is 9.48 Å². The minimum absolute atomic E-state index is 0.0418. The summed E-state index contributed by atoms with van der Waals surface area (Å²) in [5.41, 5.74) is 4.07. The fourth-order valence-electron chi connectivity index (χ4n) is 8.90. The maximum absolute atomic E-state index is 12.8. The molecule has 2 fully saturated rings. The summed E-state index contributed by atoms with van der Waals surface area (Å²) in [4.78, 5) is 52.4. The smallest absolute Gasteiger partial charge is 0.424 e. The van der Waals surface area contributed by atoms with Crippen LogP contribution in [-0.4, -0.2) is 97.2 Å². The average molecular weight is 971 g/mol. The number of piperidine rings is 2. The SMILES string of the molecule is CC(C)N(N)C(=O)OC(C)(C)C.CC(C)n1ncc2c1-c1ccccc1OC21CCN(C(=O)OCc2ccccc2)CC1.O=C1/C(=C\O)C2(CCN(C(=O)OCc3ccccc3)CC2)Oc2ccccc21. The van der Waals surface area contributed by atoms with Crippen molar-refractivity contribution in [3.63, 3.8) is 0 Å². The van der Waals surface area contributed by atoms with Crippen molar-refractivity contribution >= 4 is 24.1 Å². The van der Waals surface area contributed by atoms with Gasteiger partial charge in [0.15, 0.2) is 5.78 Å². The Labute approximate surface area is 415 Å². The number of hydrazine groups is 1. The highest BCUT2D eigenvalue weighted by molar-refractivity contribution is 6.12. The van der Waals surface area contributed by atoms with Crippen molar-refractivity contribution in [3.05, 3.63) is 149 Å². The van der Waals surface area contributed by atoms with E-state index in [-0.39, 0.29) is 42.7 Å². The number of aliphatic hydroxyl groups excluding tert-OH is 1. The highest BCUT2D eigenvalue weighted by atomic mass is 16.6. The summed E-state index contributed by atoms with van der Waals surface area (Å²) in [6.45, 7) is 15.8. The van der Waals surface area contributed by atoms with Gasteiger partial charge in [-0.25, -0.2) is 25.2 Å². The van der Waals surface area contributed by atoms with Crippen molar-refractivity contribution in [1.82, 2.24) is 24.6 Å². The number of ether oxygens (including phenoxy) is 5. The molecule has 0 bridgehead atoms. The Morgan fingerprint density at radius 2 is 1.17 bits per heavy atom. The van der Waals surface area contributed by atoms with Crippen LogP contribution in [-0.2, 0) is 33.0 Å². The van der Waals surface area contributed by atoms with Crippen LogP contribution in [0, 0.1) is 0 Å². The maximum Gasteiger partial charge on any atom is 0.424 e. The first-order valence-electron chi connectivity index (χ1n) is 24.2. The molecule has 376 valence electrons. The molecule has 0 atom stereocenters. The van der Waals surface area contributed by atoms with Crippen LogP contribution in [0.1, 0.15) is 107 Å². The van der Waals surface area contributed by atoms with Gasteiger partial charge in [-0.05, 0) is 83.9 Å². The molecule has 3 N–H and O–H groups in total. The maximum atomic E-state index is 12.8. The number of hydrogen-bond donors (Lipinski definition) is 2. The van der Waals surface area contributed by atoms with Crippen LogP contribution >= 0.6 is 0 Å². The van der Waals surface area contributed by atoms with E-state index in [9.17, 15) is 24.3 Å². The van der Waals surface area contributed by atoms with Gasteiger partial charge in [0.05, 0.1) is 29.3 Å². The summed E-state index contributed by atoms with van der Waals surface area (Å²) in [6.07, 6.45) is 3.87. The average Bonchev–Trinajstić information content (AvgIpc) is 3.83. The second-order valence-corrected chi connectivity index (χ2v) is 19.5. The molecule has 9 rings (SSSR count). The first-order valence-corrected chi connectivity index (χ1v) is 24.2. The van der Waals surface area contributed by atoms with Crippen molar-refractivity contribution in [3.8, 4) is 22.8 Å². The zero-order valence-electron chi connectivity index (χ0n) is 41.7. The Balaban J connectivity index is 0.000000172. The van der Waals surface area contributed by atoms with Gasteiger partial charge in [0.25, 0.3) is 0 Å². The Hall–Kier alpha value is -7.33. The zero-order chi connectivity index (χ0) is 50.9. The molecule has 16 nitrogen and oxygen atoms in total. The molecule has 4 aromatic carbocycles.